The molecule has 2 rings (SSSR count). The van der Waals surface area contributed by atoms with E-state index < -0.39 is 27.8 Å². The molecule has 0 aromatic heterocycles. The molecular weight excluding hydrogens is 386 g/mol. The van der Waals surface area contributed by atoms with Crippen molar-refractivity contribution in [3.63, 3.8) is 0 Å². The van der Waals surface area contributed by atoms with Gasteiger partial charge in [0.2, 0.25) is 0 Å². The number of hydrogen-bond donors (Lipinski definition) is 1. The van der Waals surface area contributed by atoms with E-state index in [-0.39, 0.29) is 22.5 Å². The molecule has 1 amide bonds. The minimum absolute atomic E-state index is 0.0218. The maximum absolute atomic E-state index is 12.1. The van der Waals surface area contributed by atoms with Crippen LogP contribution in [0, 0.1) is 6.92 Å². The molecule has 0 spiro atoms. The summed E-state index contributed by atoms with van der Waals surface area (Å²) < 4.78 is 27.9. The molecule has 0 aliphatic carbocycles. The predicted octanol–water partition coefficient (Wildman–Crippen LogP) is 2.44. The van der Waals surface area contributed by atoms with Crippen LogP contribution in [0.2, 0.25) is 5.02 Å². The predicted molar refractivity (Wildman–Crippen MR) is 99.9 cm³/mol. The van der Waals surface area contributed by atoms with Crippen molar-refractivity contribution in [2.45, 2.75) is 31.6 Å². The van der Waals surface area contributed by atoms with Gasteiger partial charge in [0.05, 0.1) is 17.3 Å². The Labute approximate surface area is 156 Å². The van der Waals surface area contributed by atoms with E-state index in [1.165, 1.54) is 18.7 Å². The van der Waals surface area contributed by atoms with Gasteiger partial charge in [0.15, 0.2) is 15.9 Å². The highest BCUT2D eigenvalue weighted by atomic mass is 35.5. The number of hydrogen-bond acceptors (Lipinski definition) is 6. The van der Waals surface area contributed by atoms with Gasteiger partial charge in [-0.2, -0.15) is 0 Å². The lowest BCUT2D eigenvalue weighted by Crippen LogP contribution is -2.31. The van der Waals surface area contributed by atoms with E-state index >= 15 is 0 Å². The fraction of sp³-hybridized carbons (Fsp3) is 0.500. The Morgan fingerprint density at radius 1 is 1.44 bits per heavy atom. The number of ether oxygens (including phenoxy) is 1. The first-order chi connectivity index (χ1) is 11.7. The second-order valence-corrected chi connectivity index (χ2v) is 9.79. The van der Waals surface area contributed by atoms with Crippen LogP contribution in [0.15, 0.2) is 18.2 Å². The fourth-order valence-electron chi connectivity index (χ4n) is 2.34. The van der Waals surface area contributed by atoms with Crippen LogP contribution in [0.3, 0.4) is 0 Å². The van der Waals surface area contributed by atoms with Gasteiger partial charge in [-0.3, -0.25) is 9.59 Å². The maximum atomic E-state index is 12.1. The van der Waals surface area contributed by atoms with Gasteiger partial charge in [-0.1, -0.05) is 17.7 Å². The van der Waals surface area contributed by atoms with Crippen molar-refractivity contribution in [3.05, 3.63) is 28.8 Å². The third kappa shape index (κ3) is 5.90. The van der Waals surface area contributed by atoms with Gasteiger partial charge in [0, 0.05) is 16.0 Å². The van der Waals surface area contributed by atoms with Crippen LogP contribution in [0.5, 0.6) is 0 Å². The van der Waals surface area contributed by atoms with E-state index in [0.29, 0.717) is 17.1 Å². The summed E-state index contributed by atoms with van der Waals surface area (Å²) in [5.41, 5.74) is 1.29. The highest BCUT2D eigenvalue weighted by Crippen LogP contribution is 2.25. The zero-order valence-electron chi connectivity index (χ0n) is 14.0. The Balaban J connectivity index is 1.80. The maximum Gasteiger partial charge on any atom is 0.316 e. The normalized spacial score (nSPS) is 20.0. The lowest BCUT2D eigenvalue weighted by atomic mass is 10.2. The minimum atomic E-state index is -2.97. The van der Waals surface area contributed by atoms with E-state index in [1.54, 1.807) is 25.1 Å². The van der Waals surface area contributed by atoms with E-state index in [2.05, 4.69) is 5.32 Å². The molecule has 0 bridgehead atoms. The number of rotatable bonds is 6. The van der Waals surface area contributed by atoms with Gasteiger partial charge in [-0.15, -0.1) is 11.8 Å². The summed E-state index contributed by atoms with van der Waals surface area (Å²) in [6, 6.07) is 5.15. The number of anilines is 1. The topological polar surface area (TPSA) is 89.5 Å². The first-order valence-corrected chi connectivity index (χ1v) is 11.0. The molecular formula is C16H20ClNO5S2. The van der Waals surface area contributed by atoms with Gasteiger partial charge in [-0.25, -0.2) is 8.42 Å². The minimum Gasteiger partial charge on any atom is -0.452 e. The van der Waals surface area contributed by atoms with Crippen LogP contribution in [-0.2, 0) is 24.2 Å². The first-order valence-electron chi connectivity index (χ1n) is 7.75. The Hall–Kier alpha value is -1.25. The summed E-state index contributed by atoms with van der Waals surface area (Å²) in [5.74, 6) is -0.715. The number of benzene rings is 1. The van der Waals surface area contributed by atoms with Crippen LogP contribution in [0.4, 0.5) is 5.69 Å². The van der Waals surface area contributed by atoms with Gasteiger partial charge >= 0.3 is 5.97 Å². The third-order valence-corrected chi connectivity index (χ3v) is 7.50. The molecule has 1 fully saturated rings. The van der Waals surface area contributed by atoms with Crippen molar-refractivity contribution < 1.29 is 22.7 Å². The number of thioether (sulfide) groups is 1. The Bertz CT molecular complexity index is 766. The summed E-state index contributed by atoms with van der Waals surface area (Å²) in [6.07, 6.45) is -0.413. The largest absolute Gasteiger partial charge is 0.452 e. The average molecular weight is 406 g/mol. The molecule has 9 heteroatoms. The first kappa shape index (κ1) is 20.1. The molecule has 2 atom stereocenters. The van der Waals surface area contributed by atoms with Crippen LogP contribution in [-0.4, -0.2) is 48.9 Å². The molecule has 6 nitrogen and oxygen atoms in total. The molecule has 1 N–H and O–H groups in total. The zero-order valence-corrected chi connectivity index (χ0v) is 16.3. The summed E-state index contributed by atoms with van der Waals surface area (Å²) >= 11 is 7.26. The summed E-state index contributed by atoms with van der Waals surface area (Å²) in [7, 11) is -2.97. The number of sulfone groups is 1. The molecule has 1 aromatic rings. The van der Waals surface area contributed by atoms with E-state index in [1.807, 2.05) is 0 Å². The molecule has 1 aliphatic rings. The van der Waals surface area contributed by atoms with Crippen LogP contribution in [0.1, 0.15) is 18.9 Å². The molecule has 0 unspecified atom stereocenters. The molecule has 0 radical (unpaired) electrons. The number of esters is 1. The molecule has 0 saturated carbocycles. The summed E-state index contributed by atoms with van der Waals surface area (Å²) in [5, 5.41) is 3.12. The quantitative estimate of drug-likeness (QED) is 0.731. The molecule has 25 heavy (non-hydrogen) atoms. The van der Waals surface area contributed by atoms with Gasteiger partial charge < -0.3 is 10.1 Å². The van der Waals surface area contributed by atoms with Gasteiger partial charge in [-0.05, 0) is 38.0 Å². The second kappa shape index (κ2) is 8.42. The molecule has 1 saturated heterocycles. The van der Waals surface area contributed by atoms with Crippen molar-refractivity contribution in [3.8, 4) is 0 Å². The molecule has 138 valence electrons. The summed E-state index contributed by atoms with van der Waals surface area (Å²) in [4.78, 5) is 24.0. The molecule has 1 aromatic carbocycles. The standard InChI is InChI=1S/C16H20ClNO5S2/c1-10-13(17)4-3-5-14(10)18-16(20)11(2)23-15(19)8-24-12-6-7-25(21,22)9-12/h3-5,11-12H,6-9H2,1-2H3,(H,18,20)/t11-,12-/m1/s1. The molecule has 1 heterocycles. The van der Waals surface area contributed by atoms with E-state index in [4.69, 9.17) is 16.3 Å². The van der Waals surface area contributed by atoms with Crippen LogP contribution in [0.25, 0.3) is 0 Å². The second-order valence-electron chi connectivity index (χ2n) is 5.87. The van der Waals surface area contributed by atoms with Gasteiger partial charge in [0.1, 0.15) is 0 Å². The van der Waals surface area contributed by atoms with Crippen molar-refractivity contribution in [2.24, 2.45) is 0 Å². The zero-order chi connectivity index (χ0) is 18.6. The third-order valence-electron chi connectivity index (χ3n) is 3.83. The van der Waals surface area contributed by atoms with Crippen molar-refractivity contribution in [1.29, 1.82) is 0 Å². The van der Waals surface area contributed by atoms with Gasteiger partial charge in [0.25, 0.3) is 5.91 Å². The van der Waals surface area contributed by atoms with Crippen molar-refractivity contribution in [1.82, 2.24) is 0 Å². The van der Waals surface area contributed by atoms with E-state index in [9.17, 15) is 18.0 Å². The highest BCUT2D eigenvalue weighted by Gasteiger charge is 2.29. The Kier molecular flexibility index (Phi) is 6.76. The smallest absolute Gasteiger partial charge is 0.316 e. The Morgan fingerprint density at radius 2 is 2.16 bits per heavy atom. The lowest BCUT2D eigenvalue weighted by molar-refractivity contribution is -0.150. The molecule has 1 aliphatic heterocycles. The SMILES string of the molecule is Cc1c(Cl)cccc1NC(=O)[C@@H](C)OC(=O)CS[C@@H]1CCS(=O)(=O)C1. The monoisotopic (exact) mass is 405 g/mol. The Morgan fingerprint density at radius 3 is 2.80 bits per heavy atom. The lowest BCUT2D eigenvalue weighted by Gasteiger charge is -2.15. The fourth-order valence-corrected chi connectivity index (χ4v) is 5.94. The number of carbonyl (C=O) groups is 2. The highest BCUT2D eigenvalue weighted by molar-refractivity contribution is 8.02. The van der Waals surface area contributed by atoms with Crippen molar-refractivity contribution >= 4 is 50.8 Å². The summed E-state index contributed by atoms with van der Waals surface area (Å²) in [6.45, 7) is 3.26. The van der Waals surface area contributed by atoms with Crippen molar-refractivity contribution in [2.75, 3.05) is 22.6 Å². The average Bonchev–Trinajstić information content (AvgIpc) is 2.89. The van der Waals surface area contributed by atoms with Crippen LogP contribution >= 0.6 is 23.4 Å². The number of amides is 1. The van der Waals surface area contributed by atoms with Crippen LogP contribution < -0.4 is 5.32 Å². The number of carbonyl (C=O) groups excluding carboxylic acids is 2. The number of halogens is 1. The number of nitrogens with one attached hydrogen (secondary N) is 1. The van der Waals surface area contributed by atoms with E-state index in [0.717, 1.165) is 5.56 Å².